The number of H-pyrrole nitrogens is 1. The average molecular weight is 361 g/mol. The molecule has 3 N–H and O–H groups in total. The molecule has 0 aliphatic heterocycles. The Morgan fingerprint density at radius 1 is 1.22 bits per heavy atom. The molecule has 5 rings (SSSR count). The monoisotopic (exact) mass is 361 g/mol. The van der Waals surface area contributed by atoms with Crippen molar-refractivity contribution in [3.8, 4) is 17.1 Å². The molecule has 138 valence electrons. The van der Waals surface area contributed by atoms with Gasteiger partial charge < -0.3 is 15.5 Å². The minimum atomic E-state index is 0.473. The summed E-state index contributed by atoms with van der Waals surface area (Å²) in [5.41, 5.74) is 9.92. The number of nitrogens with one attached hydrogen (secondary N) is 1. The Balaban J connectivity index is 1.73. The summed E-state index contributed by atoms with van der Waals surface area (Å²) >= 11 is 0. The van der Waals surface area contributed by atoms with Crippen LogP contribution in [0.5, 0.6) is 5.75 Å². The molecule has 0 unspecified atom stereocenters. The van der Waals surface area contributed by atoms with Gasteiger partial charge in [-0.3, -0.25) is 4.40 Å². The fourth-order valence-electron chi connectivity index (χ4n) is 4.35. The van der Waals surface area contributed by atoms with Crippen LogP contribution in [0.2, 0.25) is 0 Å². The van der Waals surface area contributed by atoms with Crippen LogP contribution in [0.15, 0.2) is 36.7 Å². The molecule has 0 bridgehead atoms. The van der Waals surface area contributed by atoms with Crippen LogP contribution in [0.1, 0.15) is 43.8 Å². The number of aromatic nitrogens is 4. The number of nitrogens with two attached hydrogens (primary N) is 1. The van der Waals surface area contributed by atoms with Crippen LogP contribution >= 0.6 is 0 Å². The van der Waals surface area contributed by atoms with Crippen molar-refractivity contribution in [3.63, 3.8) is 0 Å². The molecule has 0 atom stereocenters. The normalized spacial score (nSPS) is 15.6. The minimum absolute atomic E-state index is 0.473. The molecule has 1 fully saturated rings. The van der Waals surface area contributed by atoms with Gasteiger partial charge in [0.15, 0.2) is 0 Å². The van der Waals surface area contributed by atoms with Gasteiger partial charge in [0.25, 0.3) is 0 Å². The summed E-state index contributed by atoms with van der Waals surface area (Å²) in [6.45, 7) is 0. The summed E-state index contributed by atoms with van der Waals surface area (Å²) in [4.78, 5) is 12.9. The van der Waals surface area contributed by atoms with E-state index in [0.29, 0.717) is 11.7 Å². The lowest BCUT2D eigenvalue weighted by Crippen LogP contribution is -2.09. The number of nitrogens with zero attached hydrogens (tertiary/aromatic N) is 3. The van der Waals surface area contributed by atoms with E-state index in [1.807, 2.05) is 18.3 Å². The number of hydrogen-bond donors (Lipinski definition) is 2. The van der Waals surface area contributed by atoms with Gasteiger partial charge in [-0.1, -0.05) is 31.4 Å². The summed E-state index contributed by atoms with van der Waals surface area (Å²) in [5, 5.41) is 1.09. The number of para-hydroxylation sites is 1. The van der Waals surface area contributed by atoms with Crippen LogP contribution in [0.4, 0.5) is 5.82 Å². The molecule has 27 heavy (non-hydrogen) atoms. The van der Waals surface area contributed by atoms with E-state index in [0.717, 1.165) is 39.4 Å². The first-order chi connectivity index (χ1) is 13.3. The third kappa shape index (κ3) is 2.55. The van der Waals surface area contributed by atoms with E-state index in [1.54, 1.807) is 13.3 Å². The van der Waals surface area contributed by atoms with Crippen LogP contribution in [0.25, 0.3) is 27.8 Å². The SMILES string of the molecule is COc1cccc2cc(-c3nc(C4CCCCC4)n4ccnc(N)c34)[nH]c12. The number of benzene rings is 1. The van der Waals surface area contributed by atoms with Gasteiger partial charge in [0.1, 0.15) is 28.6 Å². The highest BCUT2D eigenvalue weighted by molar-refractivity contribution is 5.93. The summed E-state index contributed by atoms with van der Waals surface area (Å²) < 4.78 is 7.63. The predicted molar refractivity (Wildman–Crippen MR) is 107 cm³/mol. The molecule has 1 aromatic carbocycles. The topological polar surface area (TPSA) is 81.2 Å². The molecule has 0 saturated heterocycles. The lowest BCUT2D eigenvalue weighted by Gasteiger charge is -2.20. The average Bonchev–Trinajstić information content (AvgIpc) is 3.30. The third-order valence-electron chi connectivity index (χ3n) is 5.67. The van der Waals surface area contributed by atoms with Crippen LogP contribution in [0, 0.1) is 0 Å². The van der Waals surface area contributed by atoms with Crippen LogP contribution in [-0.2, 0) is 0 Å². The van der Waals surface area contributed by atoms with E-state index < -0.39 is 0 Å². The Bertz CT molecular complexity index is 1120. The van der Waals surface area contributed by atoms with Crippen molar-refractivity contribution in [1.82, 2.24) is 19.4 Å². The first-order valence-electron chi connectivity index (χ1n) is 9.55. The molecule has 3 heterocycles. The van der Waals surface area contributed by atoms with E-state index >= 15 is 0 Å². The Hall–Kier alpha value is -3.02. The van der Waals surface area contributed by atoms with Crippen molar-refractivity contribution in [2.75, 3.05) is 12.8 Å². The number of aromatic amines is 1. The van der Waals surface area contributed by atoms with Crippen molar-refractivity contribution >= 4 is 22.2 Å². The standard InChI is InChI=1S/C21H23N5O/c1-27-16-9-5-8-14-12-15(24-17(14)16)18-19-20(22)23-10-11-26(19)21(25-18)13-6-3-2-4-7-13/h5,8-13,24H,2-4,6-7H2,1H3,(H2,22,23). The number of imidazole rings is 1. The molecule has 6 nitrogen and oxygen atoms in total. The maximum atomic E-state index is 6.28. The molecule has 4 aromatic rings. The highest BCUT2D eigenvalue weighted by atomic mass is 16.5. The number of ether oxygens (including phenoxy) is 1. The number of fused-ring (bicyclic) bond motifs is 2. The Morgan fingerprint density at radius 3 is 2.89 bits per heavy atom. The van der Waals surface area contributed by atoms with Crippen molar-refractivity contribution in [2.45, 2.75) is 38.0 Å². The molecule has 1 saturated carbocycles. The zero-order chi connectivity index (χ0) is 18.4. The number of anilines is 1. The number of hydrogen-bond acceptors (Lipinski definition) is 4. The second-order valence-corrected chi connectivity index (χ2v) is 7.29. The Morgan fingerprint density at radius 2 is 2.07 bits per heavy atom. The van der Waals surface area contributed by atoms with Crippen LogP contribution < -0.4 is 10.5 Å². The van der Waals surface area contributed by atoms with E-state index in [1.165, 1.54) is 32.1 Å². The fourth-order valence-corrected chi connectivity index (χ4v) is 4.35. The van der Waals surface area contributed by atoms with Crippen molar-refractivity contribution in [1.29, 1.82) is 0 Å². The summed E-state index contributed by atoms with van der Waals surface area (Å²) in [6, 6.07) is 8.13. The summed E-state index contributed by atoms with van der Waals surface area (Å²) in [6.07, 6.45) is 9.95. The molecule has 1 aliphatic carbocycles. The van der Waals surface area contributed by atoms with Gasteiger partial charge in [0, 0.05) is 23.7 Å². The lowest BCUT2D eigenvalue weighted by atomic mass is 9.89. The van der Waals surface area contributed by atoms with Gasteiger partial charge in [-0.15, -0.1) is 0 Å². The number of nitrogen functional groups attached to an aromatic ring is 1. The van der Waals surface area contributed by atoms with Gasteiger partial charge >= 0.3 is 0 Å². The third-order valence-corrected chi connectivity index (χ3v) is 5.67. The number of rotatable bonds is 3. The Kier molecular flexibility index (Phi) is 3.77. The molecule has 3 aromatic heterocycles. The molecule has 1 aliphatic rings. The fraction of sp³-hybridized carbons (Fsp3) is 0.333. The molecule has 6 heteroatoms. The quantitative estimate of drug-likeness (QED) is 0.562. The van der Waals surface area contributed by atoms with Crippen molar-refractivity contribution < 1.29 is 4.74 Å². The van der Waals surface area contributed by atoms with Crippen LogP contribution in [0.3, 0.4) is 0 Å². The lowest BCUT2D eigenvalue weighted by molar-refractivity contribution is 0.419. The van der Waals surface area contributed by atoms with Gasteiger partial charge in [0.2, 0.25) is 0 Å². The zero-order valence-electron chi connectivity index (χ0n) is 15.4. The summed E-state index contributed by atoms with van der Waals surface area (Å²) in [5.74, 6) is 2.90. The largest absolute Gasteiger partial charge is 0.495 e. The van der Waals surface area contributed by atoms with Gasteiger partial charge in [-0.05, 0) is 25.0 Å². The second-order valence-electron chi connectivity index (χ2n) is 7.29. The highest BCUT2D eigenvalue weighted by Crippen LogP contribution is 2.37. The molecule has 0 spiro atoms. The molecule has 0 amide bonds. The first-order valence-corrected chi connectivity index (χ1v) is 9.55. The minimum Gasteiger partial charge on any atom is -0.495 e. The maximum Gasteiger partial charge on any atom is 0.150 e. The molecule has 0 radical (unpaired) electrons. The van der Waals surface area contributed by atoms with Crippen LogP contribution in [-0.4, -0.2) is 26.5 Å². The first kappa shape index (κ1) is 16.2. The predicted octanol–water partition coefficient (Wildman–Crippen LogP) is 4.52. The number of methoxy groups -OCH3 is 1. The van der Waals surface area contributed by atoms with Gasteiger partial charge in [-0.2, -0.15) is 0 Å². The van der Waals surface area contributed by atoms with E-state index in [9.17, 15) is 0 Å². The molecular formula is C21H23N5O. The van der Waals surface area contributed by atoms with E-state index in [-0.39, 0.29) is 0 Å². The summed E-state index contributed by atoms with van der Waals surface area (Å²) in [7, 11) is 1.68. The smallest absolute Gasteiger partial charge is 0.150 e. The van der Waals surface area contributed by atoms with Gasteiger partial charge in [-0.25, -0.2) is 9.97 Å². The molecular weight excluding hydrogens is 338 g/mol. The van der Waals surface area contributed by atoms with Gasteiger partial charge in [0.05, 0.1) is 18.3 Å². The van der Waals surface area contributed by atoms with Crippen molar-refractivity contribution in [2.24, 2.45) is 0 Å². The van der Waals surface area contributed by atoms with E-state index in [4.69, 9.17) is 15.5 Å². The Labute approximate surface area is 157 Å². The van der Waals surface area contributed by atoms with E-state index in [2.05, 4.69) is 26.5 Å². The zero-order valence-corrected chi connectivity index (χ0v) is 15.4. The van der Waals surface area contributed by atoms with Crippen molar-refractivity contribution in [3.05, 3.63) is 42.5 Å². The maximum absolute atomic E-state index is 6.28. The highest BCUT2D eigenvalue weighted by Gasteiger charge is 2.24. The second kappa shape index (κ2) is 6.30.